The molecule has 0 heteroatoms. The number of rotatable bonds is 45. The summed E-state index contributed by atoms with van der Waals surface area (Å²) in [6.07, 6.45) is 63.4. The fraction of sp³-hybridized carbons (Fsp3) is 0.893. The zero-order chi connectivity index (χ0) is 40.4. The van der Waals surface area contributed by atoms with Gasteiger partial charge in [0.1, 0.15) is 0 Å². The third kappa shape index (κ3) is 30.3. The Bertz CT molecular complexity index is 862. The van der Waals surface area contributed by atoms with Crippen molar-refractivity contribution in [3.05, 3.63) is 33.9 Å². The third-order valence-corrected chi connectivity index (χ3v) is 13.2. The second-order valence-corrected chi connectivity index (χ2v) is 18.6. The second-order valence-electron chi connectivity index (χ2n) is 18.6. The summed E-state index contributed by atoms with van der Waals surface area (Å²) < 4.78 is 0. The summed E-state index contributed by atoms with van der Waals surface area (Å²) >= 11 is 0. The Balaban J connectivity index is 3.28. The smallest absolute Gasteiger partial charge is 0.0108 e. The Hall–Kier alpha value is -0.780. The molecule has 1 radical (unpaired) electrons. The molecule has 0 spiro atoms. The van der Waals surface area contributed by atoms with E-state index in [1.807, 2.05) is 16.7 Å². The summed E-state index contributed by atoms with van der Waals surface area (Å²) in [6.45, 7) is 11.7. The molecular weight excluding hydrogens is 673 g/mol. The first kappa shape index (κ1) is 53.2. The average Bonchev–Trinajstić information content (AvgIpc) is 3.21. The van der Waals surface area contributed by atoms with Crippen molar-refractivity contribution in [3.8, 4) is 0 Å². The van der Waals surface area contributed by atoms with Crippen LogP contribution in [0.3, 0.4) is 0 Å². The van der Waals surface area contributed by atoms with E-state index < -0.39 is 0 Å². The lowest BCUT2D eigenvalue weighted by molar-refractivity contribution is 0.561. The lowest BCUT2D eigenvalue weighted by Crippen LogP contribution is -2.11. The van der Waals surface area contributed by atoms with E-state index in [4.69, 9.17) is 0 Å². The maximum atomic E-state index is 4.34. The van der Waals surface area contributed by atoms with E-state index in [0.29, 0.717) is 0 Å². The van der Waals surface area contributed by atoms with Crippen LogP contribution in [0.2, 0.25) is 0 Å². The predicted molar refractivity (Wildman–Crippen MR) is 257 cm³/mol. The largest absolute Gasteiger partial charge is 0.0654 e. The van der Waals surface area contributed by atoms with Crippen molar-refractivity contribution >= 4 is 0 Å². The summed E-state index contributed by atoms with van der Waals surface area (Å²) in [6, 6.07) is 4.34. The number of benzene rings is 1. The second kappa shape index (κ2) is 42.3. The van der Waals surface area contributed by atoms with Gasteiger partial charge in [-0.1, -0.05) is 259 Å². The minimum Gasteiger partial charge on any atom is -0.0654 e. The van der Waals surface area contributed by atoms with Gasteiger partial charge in [-0.05, 0) is 98.1 Å². The third-order valence-electron chi connectivity index (χ3n) is 13.2. The van der Waals surface area contributed by atoms with Gasteiger partial charge >= 0.3 is 0 Å². The molecule has 0 aliphatic heterocycles. The van der Waals surface area contributed by atoms with E-state index >= 15 is 0 Å². The van der Waals surface area contributed by atoms with Crippen LogP contribution in [-0.4, -0.2) is 0 Å². The molecule has 0 fully saturated rings. The van der Waals surface area contributed by atoms with Crippen LogP contribution in [0.5, 0.6) is 0 Å². The van der Waals surface area contributed by atoms with Crippen molar-refractivity contribution in [2.24, 2.45) is 0 Å². The number of unbranched alkanes of at least 4 members (excludes halogenated alkanes) is 35. The van der Waals surface area contributed by atoms with Gasteiger partial charge in [-0.2, -0.15) is 0 Å². The number of hydrogen-bond acceptors (Lipinski definition) is 0. The highest BCUT2D eigenvalue weighted by Gasteiger charge is 2.18. The van der Waals surface area contributed by atoms with Gasteiger partial charge in [0.25, 0.3) is 0 Å². The van der Waals surface area contributed by atoms with Crippen molar-refractivity contribution in [2.45, 2.75) is 324 Å². The quantitative estimate of drug-likeness (QED) is 0.0579. The SMILES string of the molecule is CCCCCCCCCCc1[c]c(CCCCCCCCCC)c(CCCCCCCCCC)c(CCCCCCCCCC)c1CCCCCCCCCC. The molecule has 1 rings (SSSR count). The molecule has 0 amide bonds. The monoisotopic (exact) mass is 778 g/mol. The van der Waals surface area contributed by atoms with Crippen LogP contribution in [0.25, 0.3) is 0 Å². The van der Waals surface area contributed by atoms with Gasteiger partial charge in [-0.15, -0.1) is 0 Å². The van der Waals surface area contributed by atoms with Crippen LogP contribution >= 0.6 is 0 Å². The zero-order valence-electron chi connectivity index (χ0n) is 39.8. The summed E-state index contributed by atoms with van der Waals surface area (Å²) in [5.74, 6) is 0. The van der Waals surface area contributed by atoms with Gasteiger partial charge in [0.15, 0.2) is 0 Å². The zero-order valence-corrected chi connectivity index (χ0v) is 39.8. The van der Waals surface area contributed by atoms with Gasteiger partial charge < -0.3 is 0 Å². The van der Waals surface area contributed by atoms with Gasteiger partial charge in [0.05, 0.1) is 0 Å². The molecule has 0 N–H and O–H groups in total. The molecule has 0 aromatic heterocycles. The van der Waals surface area contributed by atoms with E-state index in [-0.39, 0.29) is 0 Å². The van der Waals surface area contributed by atoms with Crippen LogP contribution in [0, 0.1) is 6.07 Å². The summed E-state index contributed by atoms with van der Waals surface area (Å²) in [5, 5.41) is 0. The maximum absolute atomic E-state index is 4.34. The first-order valence-corrected chi connectivity index (χ1v) is 26.8. The first-order valence-electron chi connectivity index (χ1n) is 26.8. The highest BCUT2D eigenvalue weighted by atomic mass is 14.2. The molecule has 0 atom stereocenters. The molecule has 0 saturated heterocycles. The fourth-order valence-corrected chi connectivity index (χ4v) is 9.39. The molecule has 0 heterocycles. The number of aryl methyl sites for hydroxylation is 2. The lowest BCUT2D eigenvalue weighted by atomic mass is 9.81. The van der Waals surface area contributed by atoms with E-state index in [1.54, 1.807) is 11.1 Å². The minimum absolute atomic E-state index is 1.29. The molecule has 0 unspecified atom stereocenters. The predicted octanol–water partition coefficient (Wildman–Crippen LogP) is 19.9. The topological polar surface area (TPSA) is 0 Å². The Labute approximate surface area is 356 Å². The molecule has 0 bridgehead atoms. The molecule has 0 saturated carbocycles. The normalized spacial score (nSPS) is 11.7. The number of hydrogen-bond donors (Lipinski definition) is 0. The Kier molecular flexibility index (Phi) is 40.3. The van der Waals surface area contributed by atoms with E-state index in [9.17, 15) is 0 Å². The van der Waals surface area contributed by atoms with Gasteiger partial charge in [-0.3, -0.25) is 0 Å². The van der Waals surface area contributed by atoms with Crippen molar-refractivity contribution in [2.75, 3.05) is 0 Å². The van der Waals surface area contributed by atoms with Crippen molar-refractivity contribution in [1.29, 1.82) is 0 Å². The summed E-state index contributed by atoms with van der Waals surface area (Å²) in [4.78, 5) is 0. The Morgan fingerprint density at radius 2 is 0.375 bits per heavy atom. The highest BCUT2D eigenvalue weighted by Crippen LogP contribution is 2.32. The van der Waals surface area contributed by atoms with Gasteiger partial charge in [0.2, 0.25) is 0 Å². The molecule has 329 valence electrons. The van der Waals surface area contributed by atoms with Gasteiger partial charge in [0, 0.05) is 0 Å². The van der Waals surface area contributed by atoms with Crippen molar-refractivity contribution in [1.82, 2.24) is 0 Å². The minimum atomic E-state index is 1.29. The Morgan fingerprint density at radius 1 is 0.196 bits per heavy atom. The van der Waals surface area contributed by atoms with Crippen LogP contribution < -0.4 is 0 Å². The first-order chi connectivity index (χ1) is 27.7. The van der Waals surface area contributed by atoms with Crippen LogP contribution in [0.1, 0.15) is 319 Å². The van der Waals surface area contributed by atoms with E-state index in [2.05, 4.69) is 40.7 Å². The van der Waals surface area contributed by atoms with Gasteiger partial charge in [-0.25, -0.2) is 0 Å². The van der Waals surface area contributed by atoms with E-state index in [1.165, 1.54) is 289 Å². The van der Waals surface area contributed by atoms with Crippen molar-refractivity contribution < 1.29 is 0 Å². The fourth-order valence-electron chi connectivity index (χ4n) is 9.39. The van der Waals surface area contributed by atoms with Crippen LogP contribution in [-0.2, 0) is 32.1 Å². The van der Waals surface area contributed by atoms with Crippen LogP contribution in [0.15, 0.2) is 0 Å². The average molecular weight is 778 g/mol. The molecular formula is C56H105. The summed E-state index contributed by atoms with van der Waals surface area (Å²) in [7, 11) is 0. The molecule has 1 aromatic rings. The maximum Gasteiger partial charge on any atom is -0.0108 e. The van der Waals surface area contributed by atoms with Crippen molar-refractivity contribution in [3.63, 3.8) is 0 Å². The molecule has 1 aromatic carbocycles. The standard InChI is InChI=1S/C56H105/c1-6-11-16-21-26-31-36-41-46-52-51-53(47-42-37-32-27-22-17-12-7-2)55(49-44-39-34-29-24-19-14-9-4)56(50-45-40-35-30-25-20-15-10-5)54(52)48-43-38-33-28-23-18-13-8-3/h6-50H2,1-5H3. The van der Waals surface area contributed by atoms with Crippen LogP contribution in [0.4, 0.5) is 0 Å². The van der Waals surface area contributed by atoms with E-state index in [0.717, 1.165) is 0 Å². The molecule has 0 aliphatic rings. The Morgan fingerprint density at radius 3 is 0.607 bits per heavy atom. The molecule has 0 aliphatic carbocycles. The lowest BCUT2D eigenvalue weighted by Gasteiger charge is -2.24. The molecule has 56 heavy (non-hydrogen) atoms. The molecule has 0 nitrogen and oxygen atoms in total. The summed E-state index contributed by atoms with van der Waals surface area (Å²) in [5.41, 5.74) is 8.86. The highest BCUT2D eigenvalue weighted by molar-refractivity contribution is 5.46.